The van der Waals surface area contributed by atoms with Gasteiger partial charge in [-0.1, -0.05) is 6.07 Å². The summed E-state index contributed by atoms with van der Waals surface area (Å²) >= 11 is 0. The van der Waals surface area contributed by atoms with Gasteiger partial charge in [0.15, 0.2) is 0 Å². The number of anilines is 2. The van der Waals surface area contributed by atoms with Crippen molar-refractivity contribution in [2.45, 2.75) is 20.1 Å². The Hall–Kier alpha value is -2.61. The number of nitrogen functional groups attached to an aromatic ring is 1. The van der Waals surface area contributed by atoms with Gasteiger partial charge in [0.25, 0.3) is 0 Å². The van der Waals surface area contributed by atoms with E-state index >= 15 is 0 Å². The number of carbonyl (C=O) groups is 1. The van der Waals surface area contributed by atoms with E-state index in [2.05, 4.69) is 20.0 Å². The van der Waals surface area contributed by atoms with Crippen LogP contribution in [0.2, 0.25) is 0 Å². The smallest absolute Gasteiger partial charge is 0.345 e. The van der Waals surface area contributed by atoms with Crippen LogP contribution in [0.3, 0.4) is 0 Å². The monoisotopic (exact) mass is 308 g/mol. The van der Waals surface area contributed by atoms with Gasteiger partial charge in [-0.3, -0.25) is 9.78 Å². The van der Waals surface area contributed by atoms with Crippen molar-refractivity contribution in [3.8, 4) is 11.3 Å². The fraction of sp³-hybridized carbons (Fsp3) is 0.214. The molecule has 2 rings (SSSR count). The van der Waals surface area contributed by atoms with E-state index < -0.39 is 6.61 Å². The van der Waals surface area contributed by atoms with E-state index in [9.17, 15) is 13.6 Å². The maximum Gasteiger partial charge on any atom is 0.345 e. The molecule has 0 aliphatic carbocycles. The largest absolute Gasteiger partial charge is 0.398 e. The van der Waals surface area contributed by atoms with Crippen molar-refractivity contribution in [3.05, 3.63) is 36.2 Å². The molecular formula is C14H14F2N4O2. The number of alkyl halides is 2. The molecule has 0 aliphatic rings. The zero-order valence-corrected chi connectivity index (χ0v) is 11.7. The van der Waals surface area contributed by atoms with E-state index in [1.807, 2.05) is 0 Å². The molecule has 0 fully saturated rings. The summed E-state index contributed by atoms with van der Waals surface area (Å²) in [7, 11) is 0. The number of rotatable bonds is 5. The summed E-state index contributed by atoms with van der Waals surface area (Å²) in [5.41, 5.74) is 7.94. The molecule has 1 amide bonds. The first-order valence-corrected chi connectivity index (χ1v) is 6.34. The third kappa shape index (κ3) is 4.19. The third-order valence-electron chi connectivity index (χ3n) is 2.72. The molecule has 0 unspecified atom stereocenters. The van der Waals surface area contributed by atoms with Crippen molar-refractivity contribution in [2.24, 2.45) is 0 Å². The van der Waals surface area contributed by atoms with Crippen LogP contribution in [0.15, 0.2) is 30.6 Å². The average Bonchev–Trinajstić information content (AvgIpc) is 2.45. The van der Waals surface area contributed by atoms with Crippen molar-refractivity contribution in [2.75, 3.05) is 11.1 Å². The summed E-state index contributed by atoms with van der Waals surface area (Å²) in [6.45, 7) is -1.67. The molecule has 0 bridgehead atoms. The molecule has 2 heterocycles. The topological polar surface area (TPSA) is 90.1 Å². The van der Waals surface area contributed by atoms with E-state index in [1.165, 1.54) is 25.4 Å². The van der Waals surface area contributed by atoms with Crippen LogP contribution in [-0.4, -0.2) is 22.5 Å². The summed E-state index contributed by atoms with van der Waals surface area (Å²) in [5, 5.41) is 2.52. The van der Waals surface area contributed by atoms with Crippen LogP contribution >= 0.6 is 0 Å². The minimum absolute atomic E-state index is 0.222. The molecule has 116 valence electrons. The summed E-state index contributed by atoms with van der Waals surface area (Å²) < 4.78 is 28.1. The minimum Gasteiger partial charge on any atom is -0.398 e. The molecule has 0 spiro atoms. The quantitative estimate of drug-likeness (QED) is 0.885. The van der Waals surface area contributed by atoms with Crippen LogP contribution < -0.4 is 11.1 Å². The number of hydrogen-bond acceptors (Lipinski definition) is 5. The molecule has 6 nitrogen and oxygen atoms in total. The van der Waals surface area contributed by atoms with Gasteiger partial charge in [-0.25, -0.2) is 4.98 Å². The average molecular weight is 308 g/mol. The highest BCUT2D eigenvalue weighted by atomic mass is 19.3. The Kier molecular flexibility index (Phi) is 4.95. The number of carbonyl (C=O) groups excluding carboxylic acids is 1. The lowest BCUT2D eigenvalue weighted by Gasteiger charge is -2.08. The lowest BCUT2D eigenvalue weighted by molar-refractivity contribution is -0.137. The van der Waals surface area contributed by atoms with Gasteiger partial charge < -0.3 is 15.8 Å². The molecule has 3 N–H and O–H groups in total. The summed E-state index contributed by atoms with van der Waals surface area (Å²) in [4.78, 5) is 19.2. The molecule has 22 heavy (non-hydrogen) atoms. The van der Waals surface area contributed by atoms with Crippen LogP contribution in [0.25, 0.3) is 11.3 Å². The van der Waals surface area contributed by atoms with Gasteiger partial charge in [-0.2, -0.15) is 8.78 Å². The molecule has 0 saturated carbocycles. The number of hydrogen-bond donors (Lipinski definition) is 2. The number of nitrogens with one attached hydrogen (secondary N) is 1. The van der Waals surface area contributed by atoms with Gasteiger partial charge in [-0.15, -0.1) is 0 Å². The van der Waals surface area contributed by atoms with Gasteiger partial charge >= 0.3 is 6.61 Å². The van der Waals surface area contributed by atoms with Crippen molar-refractivity contribution in [1.29, 1.82) is 0 Å². The normalized spacial score (nSPS) is 10.7. The maximum absolute atomic E-state index is 11.9. The van der Waals surface area contributed by atoms with E-state index in [0.717, 1.165) is 0 Å². The molecule has 0 saturated heterocycles. The molecule has 0 radical (unpaired) electrons. The number of amides is 1. The standard InChI is InChI=1S/C14H14F2N4O2/c1-8(21)20-13-4-11(17)10(6-19-13)12-3-2-9(5-18-12)7-22-14(15)16/h2-6,14H,7H2,1H3,(H3,17,19,20,21). The highest BCUT2D eigenvalue weighted by Gasteiger charge is 2.08. The van der Waals surface area contributed by atoms with E-state index in [-0.39, 0.29) is 12.5 Å². The van der Waals surface area contributed by atoms with Crippen molar-refractivity contribution in [1.82, 2.24) is 9.97 Å². The van der Waals surface area contributed by atoms with Gasteiger partial charge in [0.05, 0.1) is 12.3 Å². The Bertz CT molecular complexity index is 662. The van der Waals surface area contributed by atoms with Crippen molar-refractivity contribution >= 4 is 17.4 Å². The second-order valence-corrected chi connectivity index (χ2v) is 4.46. The Morgan fingerprint density at radius 2 is 2.14 bits per heavy atom. The predicted octanol–water partition coefficient (Wildman–Crippen LogP) is 2.42. The van der Waals surface area contributed by atoms with Crippen LogP contribution in [-0.2, 0) is 16.1 Å². The van der Waals surface area contributed by atoms with Crippen LogP contribution in [0.5, 0.6) is 0 Å². The molecule has 0 aliphatic heterocycles. The van der Waals surface area contributed by atoms with Crippen molar-refractivity contribution in [3.63, 3.8) is 0 Å². The van der Waals surface area contributed by atoms with Gasteiger partial charge in [0.1, 0.15) is 5.82 Å². The van der Waals surface area contributed by atoms with E-state index in [1.54, 1.807) is 12.1 Å². The first-order valence-electron chi connectivity index (χ1n) is 6.34. The number of aromatic nitrogens is 2. The van der Waals surface area contributed by atoms with Crippen molar-refractivity contribution < 1.29 is 18.3 Å². The zero-order chi connectivity index (χ0) is 16.1. The molecule has 2 aromatic heterocycles. The Morgan fingerprint density at radius 1 is 1.36 bits per heavy atom. The van der Waals surface area contributed by atoms with Gasteiger partial charge in [0.2, 0.25) is 5.91 Å². The molecule has 0 aromatic carbocycles. The Balaban J connectivity index is 2.16. The van der Waals surface area contributed by atoms with Crippen LogP contribution in [0, 0.1) is 0 Å². The lowest BCUT2D eigenvalue weighted by Crippen LogP contribution is -2.08. The fourth-order valence-electron chi connectivity index (χ4n) is 1.76. The third-order valence-corrected chi connectivity index (χ3v) is 2.72. The van der Waals surface area contributed by atoms with E-state index in [0.29, 0.717) is 28.3 Å². The summed E-state index contributed by atoms with van der Waals surface area (Å²) in [5.74, 6) is 0.0943. The first kappa shape index (κ1) is 15.8. The van der Waals surface area contributed by atoms with Crippen LogP contribution in [0.1, 0.15) is 12.5 Å². The number of nitrogens with two attached hydrogens (primary N) is 1. The maximum atomic E-state index is 11.9. The molecule has 2 aromatic rings. The van der Waals surface area contributed by atoms with Gasteiger partial charge in [0, 0.05) is 36.6 Å². The molecule has 8 heteroatoms. The van der Waals surface area contributed by atoms with E-state index in [4.69, 9.17) is 5.73 Å². The minimum atomic E-state index is -2.82. The SMILES string of the molecule is CC(=O)Nc1cc(N)c(-c2ccc(COC(F)F)cn2)cn1. The fourth-order valence-corrected chi connectivity index (χ4v) is 1.76. The van der Waals surface area contributed by atoms with Crippen LogP contribution in [0.4, 0.5) is 20.3 Å². The second-order valence-electron chi connectivity index (χ2n) is 4.46. The Morgan fingerprint density at radius 3 is 2.68 bits per heavy atom. The first-order chi connectivity index (χ1) is 10.5. The summed E-state index contributed by atoms with van der Waals surface area (Å²) in [6, 6.07) is 4.77. The zero-order valence-electron chi connectivity index (χ0n) is 11.7. The van der Waals surface area contributed by atoms with Gasteiger partial charge in [-0.05, 0) is 11.6 Å². The highest BCUT2D eigenvalue weighted by molar-refractivity contribution is 5.89. The molecule has 0 atom stereocenters. The summed E-state index contributed by atoms with van der Waals surface area (Å²) in [6.07, 6.45) is 2.91. The lowest BCUT2D eigenvalue weighted by atomic mass is 10.1. The number of nitrogens with zero attached hydrogens (tertiary/aromatic N) is 2. The highest BCUT2D eigenvalue weighted by Crippen LogP contribution is 2.25. The predicted molar refractivity (Wildman–Crippen MR) is 77.0 cm³/mol. The number of ether oxygens (including phenoxy) is 1. The Labute approximate surface area is 125 Å². The number of pyridine rings is 2. The molecular weight excluding hydrogens is 294 g/mol. The number of halogens is 2. The second kappa shape index (κ2) is 6.90.